The Morgan fingerprint density at radius 2 is 2.03 bits per heavy atom. The van der Waals surface area contributed by atoms with Crippen LogP contribution in [0.15, 0.2) is 39.5 Å². The van der Waals surface area contributed by atoms with E-state index in [2.05, 4.69) is 20.6 Å². The molecule has 13 heteroatoms. The molecule has 0 spiro atoms. The lowest BCUT2D eigenvalue weighted by Gasteiger charge is -2.11. The summed E-state index contributed by atoms with van der Waals surface area (Å²) >= 11 is 0.955. The normalized spacial score (nSPS) is 12.4. The largest absolute Gasteiger partial charge is 0.434 e. The van der Waals surface area contributed by atoms with Crippen LogP contribution in [-0.2, 0) is 29.2 Å². The van der Waals surface area contributed by atoms with Crippen molar-refractivity contribution in [3.8, 4) is 0 Å². The highest BCUT2D eigenvalue weighted by Gasteiger charge is 2.33. The third kappa shape index (κ3) is 8.44. The lowest BCUT2D eigenvalue weighted by molar-refractivity contribution is -0.140. The Bertz CT molecular complexity index is 933. The average Bonchev–Trinajstić information content (AvgIpc) is 3.08. The second-order valence-corrected chi connectivity index (χ2v) is 8.19. The summed E-state index contributed by atoms with van der Waals surface area (Å²) in [5, 5.41) is 12.5. The van der Waals surface area contributed by atoms with Gasteiger partial charge in [0.25, 0.3) is 0 Å². The van der Waals surface area contributed by atoms with Crippen molar-refractivity contribution in [3.05, 3.63) is 45.9 Å². The van der Waals surface area contributed by atoms with Crippen LogP contribution in [0.5, 0.6) is 0 Å². The van der Waals surface area contributed by atoms with Crippen molar-refractivity contribution in [3.63, 3.8) is 0 Å². The highest BCUT2D eigenvalue weighted by atomic mass is 127. The van der Waals surface area contributed by atoms with Crippen LogP contribution < -0.4 is 15.8 Å². The number of aliphatic imine (C=N–C) groups is 1. The van der Waals surface area contributed by atoms with Crippen LogP contribution in [0.2, 0.25) is 0 Å². The number of nitrogens with one attached hydrogen (secondary N) is 2. The zero-order chi connectivity index (χ0) is 20.8. The molecule has 0 radical (unpaired) electrons. The van der Waals surface area contributed by atoms with Crippen LogP contribution in [0.1, 0.15) is 23.2 Å². The molecule has 0 atom stereocenters. The minimum absolute atomic E-state index is 0. The first-order valence-corrected chi connectivity index (χ1v) is 10.7. The first-order chi connectivity index (χ1) is 13.1. The summed E-state index contributed by atoms with van der Waals surface area (Å²) < 4.78 is 60.5. The van der Waals surface area contributed by atoms with Crippen LogP contribution >= 0.6 is 35.3 Å². The molecule has 0 saturated heterocycles. The van der Waals surface area contributed by atoms with E-state index in [0.717, 1.165) is 16.7 Å². The molecule has 0 bridgehead atoms. The summed E-state index contributed by atoms with van der Waals surface area (Å²) in [5.74, 6) is 0.455. The molecule has 1 aromatic heterocycles. The van der Waals surface area contributed by atoms with Gasteiger partial charge in [-0.2, -0.15) is 13.2 Å². The fraction of sp³-hybridized carbons (Fsp3) is 0.375. The zero-order valence-corrected chi connectivity index (χ0v) is 19.3. The molecular formula is C16H21F3IN5O2S2. The number of alkyl halides is 3. The van der Waals surface area contributed by atoms with Crippen LogP contribution in [0.4, 0.5) is 13.2 Å². The lowest BCUT2D eigenvalue weighted by Crippen LogP contribution is -2.38. The Morgan fingerprint density at radius 1 is 1.31 bits per heavy atom. The Hall–Kier alpha value is -1.45. The number of thiazole rings is 1. The Kier molecular flexibility index (Phi) is 9.78. The summed E-state index contributed by atoms with van der Waals surface area (Å²) in [5.41, 5.74) is -0.235. The maximum Gasteiger partial charge on any atom is 0.434 e. The number of nitrogens with two attached hydrogens (primary N) is 1. The van der Waals surface area contributed by atoms with Gasteiger partial charge in [0.05, 0.1) is 16.4 Å². The number of hydrogen-bond acceptors (Lipinski definition) is 5. The minimum atomic E-state index is -4.44. The predicted octanol–water partition coefficient (Wildman–Crippen LogP) is 2.73. The van der Waals surface area contributed by atoms with E-state index in [9.17, 15) is 21.6 Å². The molecule has 2 aromatic rings. The van der Waals surface area contributed by atoms with E-state index < -0.39 is 21.9 Å². The van der Waals surface area contributed by atoms with Crippen molar-refractivity contribution in [2.24, 2.45) is 10.1 Å². The molecule has 0 fully saturated rings. The van der Waals surface area contributed by atoms with Gasteiger partial charge in [0, 0.05) is 24.9 Å². The summed E-state index contributed by atoms with van der Waals surface area (Å²) in [6.07, 6.45) is -4.13. The number of primary sulfonamides is 1. The topological polar surface area (TPSA) is 109 Å². The third-order valence-corrected chi connectivity index (χ3v) is 5.28. The van der Waals surface area contributed by atoms with Gasteiger partial charge in [-0.25, -0.2) is 23.5 Å². The molecule has 1 aromatic carbocycles. The molecule has 1 heterocycles. The van der Waals surface area contributed by atoms with E-state index in [4.69, 9.17) is 5.14 Å². The quantitative estimate of drug-likeness (QED) is 0.273. The van der Waals surface area contributed by atoms with E-state index in [0.29, 0.717) is 36.0 Å². The van der Waals surface area contributed by atoms with Gasteiger partial charge >= 0.3 is 6.18 Å². The molecule has 7 nitrogen and oxygen atoms in total. The van der Waals surface area contributed by atoms with Gasteiger partial charge in [-0.15, -0.1) is 35.3 Å². The maximum absolute atomic E-state index is 12.6. The first-order valence-electron chi connectivity index (χ1n) is 8.25. The molecule has 0 amide bonds. The van der Waals surface area contributed by atoms with Crippen molar-refractivity contribution in [1.29, 1.82) is 0 Å². The van der Waals surface area contributed by atoms with E-state index in [1.165, 1.54) is 12.1 Å². The van der Waals surface area contributed by atoms with Gasteiger partial charge in [-0.05, 0) is 24.6 Å². The maximum atomic E-state index is 12.6. The van der Waals surface area contributed by atoms with Crippen LogP contribution in [0, 0.1) is 0 Å². The number of guanidine groups is 1. The fourth-order valence-corrected chi connectivity index (χ4v) is 3.57. The molecule has 29 heavy (non-hydrogen) atoms. The summed E-state index contributed by atoms with van der Waals surface area (Å²) in [6.45, 7) is 3.00. The molecule has 162 valence electrons. The number of sulfonamides is 1. The standard InChI is InChI=1S/C16H20F3N5O2S2.HI/c1-2-21-15(22-7-6-14-24-13(10-27-14)16(17,18)19)23-9-11-4-3-5-12(8-11)28(20,25)26;/h3-5,8,10H,2,6-7,9H2,1H3,(H2,20,25,26)(H2,21,22,23);1H. The Balaban J connectivity index is 0.00000420. The van der Waals surface area contributed by atoms with Crippen molar-refractivity contribution in [2.45, 2.75) is 31.0 Å². The van der Waals surface area contributed by atoms with Crippen molar-refractivity contribution in [1.82, 2.24) is 15.6 Å². The van der Waals surface area contributed by atoms with Crippen LogP contribution in [0.25, 0.3) is 0 Å². The molecule has 2 rings (SSSR count). The molecule has 0 saturated carbocycles. The molecule has 0 aliphatic carbocycles. The van der Waals surface area contributed by atoms with Crippen molar-refractivity contribution < 1.29 is 21.6 Å². The highest BCUT2D eigenvalue weighted by Crippen LogP contribution is 2.29. The fourth-order valence-electron chi connectivity index (χ4n) is 2.18. The Labute approximate surface area is 188 Å². The molecular weight excluding hydrogens is 542 g/mol. The van der Waals surface area contributed by atoms with Gasteiger partial charge in [-0.3, -0.25) is 0 Å². The number of halogens is 4. The van der Waals surface area contributed by atoms with E-state index in [1.807, 2.05) is 6.92 Å². The second-order valence-electron chi connectivity index (χ2n) is 5.69. The molecule has 4 N–H and O–H groups in total. The SMILES string of the molecule is CCNC(=NCc1cccc(S(N)(=O)=O)c1)NCCc1nc(C(F)(F)F)cs1.I. The lowest BCUT2D eigenvalue weighted by atomic mass is 10.2. The predicted molar refractivity (Wildman–Crippen MR) is 117 cm³/mol. The average molecular weight is 563 g/mol. The van der Waals surface area contributed by atoms with E-state index >= 15 is 0 Å². The summed E-state index contributed by atoms with van der Waals surface area (Å²) in [6, 6.07) is 6.13. The molecule has 0 aliphatic heterocycles. The zero-order valence-electron chi connectivity index (χ0n) is 15.4. The monoisotopic (exact) mass is 563 g/mol. The molecule has 0 aliphatic rings. The number of benzene rings is 1. The van der Waals surface area contributed by atoms with E-state index in [-0.39, 0.29) is 35.4 Å². The van der Waals surface area contributed by atoms with Crippen LogP contribution in [-0.4, -0.2) is 32.5 Å². The highest BCUT2D eigenvalue weighted by molar-refractivity contribution is 14.0. The van der Waals surface area contributed by atoms with E-state index in [1.54, 1.807) is 12.1 Å². The van der Waals surface area contributed by atoms with Gasteiger partial charge in [-0.1, -0.05) is 12.1 Å². The molecule has 0 unspecified atom stereocenters. The number of aromatic nitrogens is 1. The van der Waals surface area contributed by atoms with Crippen molar-refractivity contribution >= 4 is 51.3 Å². The van der Waals surface area contributed by atoms with Gasteiger partial charge in [0.2, 0.25) is 10.0 Å². The smallest absolute Gasteiger partial charge is 0.357 e. The first kappa shape index (κ1) is 25.6. The van der Waals surface area contributed by atoms with Gasteiger partial charge in [0.15, 0.2) is 11.7 Å². The van der Waals surface area contributed by atoms with Crippen LogP contribution in [0.3, 0.4) is 0 Å². The Morgan fingerprint density at radius 3 is 2.62 bits per heavy atom. The summed E-state index contributed by atoms with van der Waals surface area (Å²) in [4.78, 5) is 7.92. The number of rotatable bonds is 7. The second kappa shape index (κ2) is 11.1. The van der Waals surface area contributed by atoms with Crippen molar-refractivity contribution in [2.75, 3.05) is 13.1 Å². The minimum Gasteiger partial charge on any atom is -0.357 e. The third-order valence-electron chi connectivity index (χ3n) is 3.46. The van der Waals surface area contributed by atoms with Gasteiger partial charge in [0.1, 0.15) is 0 Å². The number of nitrogens with zero attached hydrogens (tertiary/aromatic N) is 2. The summed E-state index contributed by atoms with van der Waals surface area (Å²) in [7, 11) is -3.79. The van der Waals surface area contributed by atoms with Gasteiger partial charge < -0.3 is 10.6 Å². The number of hydrogen-bond donors (Lipinski definition) is 3.